The van der Waals surface area contributed by atoms with Gasteiger partial charge >= 0.3 is 0 Å². The lowest BCUT2D eigenvalue weighted by Crippen LogP contribution is -2.48. The van der Waals surface area contributed by atoms with E-state index in [4.69, 9.17) is 5.73 Å². The van der Waals surface area contributed by atoms with E-state index in [1.807, 2.05) is 6.92 Å². The van der Waals surface area contributed by atoms with Crippen LogP contribution in [-0.4, -0.2) is 32.7 Å². The van der Waals surface area contributed by atoms with Gasteiger partial charge in [-0.3, -0.25) is 0 Å². The van der Waals surface area contributed by atoms with Crippen LogP contribution in [0.3, 0.4) is 0 Å². The second-order valence-electron chi connectivity index (χ2n) is 4.44. The van der Waals surface area contributed by atoms with E-state index in [9.17, 15) is 5.11 Å². The van der Waals surface area contributed by atoms with E-state index >= 15 is 0 Å². The first-order chi connectivity index (χ1) is 7.61. The molecule has 1 heterocycles. The van der Waals surface area contributed by atoms with E-state index in [1.165, 1.54) is 0 Å². The maximum atomic E-state index is 9.28. The van der Waals surface area contributed by atoms with Crippen molar-refractivity contribution < 1.29 is 5.11 Å². The quantitative estimate of drug-likeness (QED) is 0.862. The van der Waals surface area contributed by atoms with Crippen LogP contribution >= 0.6 is 23.1 Å². The number of aliphatic hydroxyl groups excluding tert-OH is 1. The second kappa shape index (κ2) is 5.00. The zero-order valence-corrected chi connectivity index (χ0v) is 11.0. The smallest absolute Gasteiger partial charge is 0.174 e. The van der Waals surface area contributed by atoms with Gasteiger partial charge in [0.2, 0.25) is 0 Å². The SMILES string of the molecule is Cc1nnc(SC2CCCC(N)(CO)C2)s1. The molecular formula is C10H17N3OS2. The van der Waals surface area contributed by atoms with E-state index in [1.54, 1.807) is 23.1 Å². The predicted octanol–water partition coefficient (Wildman–Crippen LogP) is 1.57. The summed E-state index contributed by atoms with van der Waals surface area (Å²) in [4.78, 5) is 0. The van der Waals surface area contributed by atoms with Crippen LogP contribution in [0.5, 0.6) is 0 Å². The molecule has 1 saturated carbocycles. The van der Waals surface area contributed by atoms with Crippen LogP contribution in [-0.2, 0) is 0 Å². The normalized spacial score (nSPS) is 30.6. The summed E-state index contributed by atoms with van der Waals surface area (Å²) in [5.74, 6) is 0. The highest BCUT2D eigenvalue weighted by atomic mass is 32.2. The number of thioether (sulfide) groups is 1. The Morgan fingerprint density at radius 3 is 3.06 bits per heavy atom. The summed E-state index contributed by atoms with van der Waals surface area (Å²) < 4.78 is 1.02. The minimum atomic E-state index is -0.379. The lowest BCUT2D eigenvalue weighted by atomic mass is 9.83. The third kappa shape index (κ3) is 2.94. The Labute approximate surface area is 104 Å². The maximum absolute atomic E-state index is 9.28. The number of hydrogen-bond donors (Lipinski definition) is 2. The Balaban J connectivity index is 1.95. The third-order valence-electron chi connectivity index (χ3n) is 2.92. The Bertz CT molecular complexity index is 358. The van der Waals surface area contributed by atoms with Gasteiger partial charge in [0, 0.05) is 10.8 Å². The summed E-state index contributed by atoms with van der Waals surface area (Å²) in [5, 5.41) is 18.9. The number of aromatic nitrogens is 2. The molecule has 1 aliphatic rings. The fourth-order valence-electron chi connectivity index (χ4n) is 2.05. The van der Waals surface area contributed by atoms with Gasteiger partial charge in [0.05, 0.1) is 6.61 Å². The molecule has 0 bridgehead atoms. The van der Waals surface area contributed by atoms with Crippen LogP contribution < -0.4 is 5.73 Å². The highest BCUT2D eigenvalue weighted by Gasteiger charge is 2.33. The molecule has 6 heteroatoms. The van der Waals surface area contributed by atoms with Gasteiger partial charge in [-0.1, -0.05) is 29.5 Å². The van der Waals surface area contributed by atoms with Gasteiger partial charge in [0.25, 0.3) is 0 Å². The number of aryl methyl sites for hydroxylation is 1. The average Bonchev–Trinajstić information content (AvgIpc) is 2.64. The van der Waals surface area contributed by atoms with E-state index in [2.05, 4.69) is 10.2 Å². The van der Waals surface area contributed by atoms with Crippen LogP contribution in [0.4, 0.5) is 0 Å². The van der Waals surface area contributed by atoms with Crippen molar-refractivity contribution in [3.63, 3.8) is 0 Å². The molecule has 2 rings (SSSR count). The monoisotopic (exact) mass is 259 g/mol. The highest BCUT2D eigenvalue weighted by Crippen LogP contribution is 2.37. The van der Waals surface area contributed by atoms with Crippen molar-refractivity contribution in [2.24, 2.45) is 5.73 Å². The van der Waals surface area contributed by atoms with Crippen molar-refractivity contribution >= 4 is 23.1 Å². The molecule has 1 aliphatic carbocycles. The molecule has 0 spiro atoms. The maximum Gasteiger partial charge on any atom is 0.174 e. The standard InChI is InChI=1S/C10H17N3OS2/c1-7-12-13-9(15-7)16-8-3-2-4-10(11,5-8)6-14/h8,14H,2-6,11H2,1H3. The largest absolute Gasteiger partial charge is 0.394 e. The van der Waals surface area contributed by atoms with Crippen molar-refractivity contribution in [3.8, 4) is 0 Å². The Hall–Kier alpha value is -0.170. The van der Waals surface area contributed by atoms with E-state index in [0.717, 1.165) is 35.0 Å². The Morgan fingerprint density at radius 2 is 2.44 bits per heavy atom. The molecule has 0 amide bonds. The summed E-state index contributed by atoms with van der Waals surface area (Å²) in [7, 11) is 0. The zero-order chi connectivity index (χ0) is 11.6. The number of nitrogens with two attached hydrogens (primary N) is 1. The molecule has 4 nitrogen and oxygen atoms in total. The number of hydrogen-bond acceptors (Lipinski definition) is 6. The molecule has 16 heavy (non-hydrogen) atoms. The first-order valence-corrected chi connectivity index (χ1v) is 7.17. The lowest BCUT2D eigenvalue weighted by molar-refractivity contribution is 0.159. The first kappa shape index (κ1) is 12.3. The van der Waals surface area contributed by atoms with E-state index in [0.29, 0.717) is 5.25 Å². The van der Waals surface area contributed by atoms with Crippen LogP contribution in [0.2, 0.25) is 0 Å². The van der Waals surface area contributed by atoms with Crippen LogP contribution in [0.15, 0.2) is 4.34 Å². The summed E-state index contributed by atoms with van der Waals surface area (Å²) in [6.07, 6.45) is 4.04. The summed E-state index contributed by atoms with van der Waals surface area (Å²) >= 11 is 3.38. The lowest BCUT2D eigenvalue weighted by Gasteiger charge is -2.35. The summed E-state index contributed by atoms with van der Waals surface area (Å²) in [5.41, 5.74) is 5.73. The fourth-order valence-corrected chi connectivity index (χ4v) is 4.50. The summed E-state index contributed by atoms with van der Waals surface area (Å²) in [6.45, 7) is 2.04. The molecule has 1 aromatic heterocycles. The van der Waals surface area contributed by atoms with E-state index in [-0.39, 0.29) is 12.1 Å². The number of nitrogens with zero attached hydrogens (tertiary/aromatic N) is 2. The van der Waals surface area contributed by atoms with Gasteiger partial charge in [0.15, 0.2) is 4.34 Å². The summed E-state index contributed by atoms with van der Waals surface area (Å²) in [6, 6.07) is 0. The van der Waals surface area contributed by atoms with Gasteiger partial charge in [0.1, 0.15) is 5.01 Å². The van der Waals surface area contributed by atoms with Gasteiger partial charge in [-0.25, -0.2) is 0 Å². The Kier molecular flexibility index (Phi) is 3.84. The molecular weight excluding hydrogens is 242 g/mol. The van der Waals surface area contributed by atoms with E-state index < -0.39 is 0 Å². The molecule has 1 fully saturated rings. The molecule has 0 saturated heterocycles. The van der Waals surface area contributed by atoms with Crippen LogP contribution in [0.25, 0.3) is 0 Å². The molecule has 3 N–H and O–H groups in total. The van der Waals surface area contributed by atoms with Gasteiger partial charge in [-0.15, -0.1) is 10.2 Å². The molecule has 1 aromatic rings. The fraction of sp³-hybridized carbons (Fsp3) is 0.800. The van der Waals surface area contributed by atoms with Crippen LogP contribution in [0.1, 0.15) is 30.7 Å². The first-order valence-electron chi connectivity index (χ1n) is 5.48. The van der Waals surface area contributed by atoms with Crippen molar-refractivity contribution in [2.75, 3.05) is 6.61 Å². The minimum Gasteiger partial charge on any atom is -0.394 e. The molecule has 0 aliphatic heterocycles. The average molecular weight is 259 g/mol. The van der Waals surface area contributed by atoms with Crippen molar-refractivity contribution in [1.82, 2.24) is 10.2 Å². The molecule has 0 radical (unpaired) electrons. The molecule has 0 aromatic carbocycles. The molecule has 2 unspecified atom stereocenters. The topological polar surface area (TPSA) is 72.0 Å². The van der Waals surface area contributed by atoms with Gasteiger partial charge in [-0.05, 0) is 26.2 Å². The van der Waals surface area contributed by atoms with Crippen molar-refractivity contribution in [3.05, 3.63) is 5.01 Å². The van der Waals surface area contributed by atoms with Gasteiger partial charge in [-0.2, -0.15) is 0 Å². The minimum absolute atomic E-state index is 0.0825. The van der Waals surface area contributed by atoms with Crippen molar-refractivity contribution in [1.29, 1.82) is 0 Å². The zero-order valence-electron chi connectivity index (χ0n) is 9.35. The predicted molar refractivity (Wildman–Crippen MR) is 66.8 cm³/mol. The van der Waals surface area contributed by atoms with Gasteiger partial charge < -0.3 is 10.8 Å². The molecule has 90 valence electrons. The number of aliphatic hydroxyl groups is 1. The third-order valence-corrected chi connectivity index (χ3v) is 5.12. The Morgan fingerprint density at radius 1 is 1.62 bits per heavy atom. The number of rotatable bonds is 3. The molecule has 2 atom stereocenters. The highest BCUT2D eigenvalue weighted by molar-refractivity contribution is 8.01. The second-order valence-corrected chi connectivity index (χ2v) is 7.17. The van der Waals surface area contributed by atoms with Crippen molar-refractivity contribution in [2.45, 2.75) is 47.7 Å². The van der Waals surface area contributed by atoms with Crippen LogP contribution in [0, 0.1) is 6.92 Å².